The predicted octanol–water partition coefficient (Wildman–Crippen LogP) is 4.16. The average Bonchev–Trinajstić information content (AvgIpc) is 2.84. The number of aryl methyl sites for hydroxylation is 2. The van der Waals surface area contributed by atoms with Gasteiger partial charge in [0.05, 0.1) is 7.11 Å². The quantitative estimate of drug-likeness (QED) is 0.490. The fourth-order valence-electron chi connectivity index (χ4n) is 4.45. The van der Waals surface area contributed by atoms with Gasteiger partial charge in [0, 0.05) is 36.1 Å². The Morgan fingerprint density at radius 1 is 1.09 bits per heavy atom. The molecule has 0 saturated carbocycles. The summed E-state index contributed by atoms with van der Waals surface area (Å²) < 4.78 is 38.6. The molecule has 0 radical (unpaired) electrons. The van der Waals surface area contributed by atoms with Crippen molar-refractivity contribution in [3.05, 3.63) is 63.5 Å². The zero-order valence-corrected chi connectivity index (χ0v) is 21.0. The fourth-order valence-corrected chi connectivity index (χ4v) is 6.15. The molecule has 1 aromatic heterocycles. The highest BCUT2D eigenvalue weighted by Crippen LogP contribution is 2.31. The van der Waals surface area contributed by atoms with Crippen molar-refractivity contribution in [1.29, 1.82) is 0 Å². The Morgan fingerprint density at radius 2 is 1.83 bits per heavy atom. The van der Waals surface area contributed by atoms with Crippen molar-refractivity contribution in [2.24, 2.45) is 0 Å². The summed E-state index contributed by atoms with van der Waals surface area (Å²) in [6.07, 6.45) is 2.90. The highest BCUT2D eigenvalue weighted by atomic mass is 32.2. The SMILES string of the molecule is COc1ccc(NC(=O)CCc2c(C)c3ccc(C)cc3oc2=O)cc1S(=O)(=O)N1CCCCC1. The van der Waals surface area contributed by atoms with Crippen molar-refractivity contribution < 1.29 is 22.4 Å². The number of piperidine rings is 1. The van der Waals surface area contributed by atoms with Crippen molar-refractivity contribution in [2.45, 2.75) is 50.8 Å². The highest BCUT2D eigenvalue weighted by Gasteiger charge is 2.29. The molecule has 1 fully saturated rings. The lowest BCUT2D eigenvalue weighted by atomic mass is 10.0. The number of nitrogens with one attached hydrogen (secondary N) is 1. The molecule has 0 spiro atoms. The third kappa shape index (κ3) is 5.26. The maximum absolute atomic E-state index is 13.2. The topological polar surface area (TPSA) is 106 Å². The monoisotopic (exact) mass is 498 g/mol. The van der Waals surface area contributed by atoms with E-state index >= 15 is 0 Å². The van der Waals surface area contributed by atoms with E-state index in [0.717, 1.165) is 35.8 Å². The van der Waals surface area contributed by atoms with Crippen LogP contribution in [0.5, 0.6) is 5.75 Å². The van der Waals surface area contributed by atoms with Crippen LogP contribution in [0.25, 0.3) is 11.0 Å². The molecule has 3 aromatic rings. The first-order valence-corrected chi connectivity index (χ1v) is 13.2. The zero-order valence-electron chi connectivity index (χ0n) is 20.2. The van der Waals surface area contributed by atoms with E-state index in [1.807, 2.05) is 32.0 Å². The van der Waals surface area contributed by atoms with Crippen LogP contribution >= 0.6 is 0 Å². The van der Waals surface area contributed by atoms with Gasteiger partial charge in [-0.2, -0.15) is 4.31 Å². The molecule has 0 atom stereocenters. The Hall–Kier alpha value is -3.17. The van der Waals surface area contributed by atoms with Gasteiger partial charge in [-0.05, 0) is 68.5 Å². The van der Waals surface area contributed by atoms with Crippen LogP contribution in [0.3, 0.4) is 0 Å². The van der Waals surface area contributed by atoms with Gasteiger partial charge in [-0.1, -0.05) is 18.6 Å². The van der Waals surface area contributed by atoms with Crippen LogP contribution in [0.2, 0.25) is 0 Å². The summed E-state index contributed by atoms with van der Waals surface area (Å²) in [5.41, 5.74) is 2.68. The van der Waals surface area contributed by atoms with E-state index in [0.29, 0.717) is 29.9 Å². The van der Waals surface area contributed by atoms with Gasteiger partial charge >= 0.3 is 5.63 Å². The number of benzene rings is 2. The van der Waals surface area contributed by atoms with Gasteiger partial charge in [0.25, 0.3) is 0 Å². The first-order valence-electron chi connectivity index (χ1n) is 11.7. The number of amides is 1. The molecule has 1 aliphatic rings. The van der Waals surface area contributed by atoms with E-state index in [4.69, 9.17) is 9.15 Å². The maximum Gasteiger partial charge on any atom is 0.339 e. The maximum atomic E-state index is 13.2. The van der Waals surface area contributed by atoms with Gasteiger partial charge in [0.15, 0.2) is 0 Å². The van der Waals surface area contributed by atoms with Gasteiger partial charge in [0.1, 0.15) is 16.2 Å². The van der Waals surface area contributed by atoms with Crippen LogP contribution in [0, 0.1) is 13.8 Å². The van der Waals surface area contributed by atoms with Crippen LogP contribution in [0.15, 0.2) is 50.5 Å². The minimum Gasteiger partial charge on any atom is -0.495 e. The number of fused-ring (bicyclic) bond motifs is 1. The number of carbonyl (C=O) groups excluding carboxylic acids is 1. The second-order valence-electron chi connectivity index (χ2n) is 8.87. The molecule has 9 heteroatoms. The molecule has 1 aliphatic heterocycles. The van der Waals surface area contributed by atoms with E-state index < -0.39 is 15.6 Å². The molecule has 186 valence electrons. The fraction of sp³-hybridized carbons (Fsp3) is 0.385. The first kappa shape index (κ1) is 24.9. The van der Waals surface area contributed by atoms with Crippen LogP contribution in [-0.4, -0.2) is 38.8 Å². The van der Waals surface area contributed by atoms with Crippen molar-refractivity contribution in [3.63, 3.8) is 0 Å². The molecule has 1 amide bonds. The van der Waals surface area contributed by atoms with Crippen molar-refractivity contribution in [3.8, 4) is 5.75 Å². The third-order valence-corrected chi connectivity index (χ3v) is 8.34. The van der Waals surface area contributed by atoms with E-state index in [1.165, 1.54) is 23.5 Å². The minimum absolute atomic E-state index is 0.0287. The van der Waals surface area contributed by atoms with Gasteiger partial charge < -0.3 is 14.5 Å². The number of carbonyl (C=O) groups is 1. The lowest BCUT2D eigenvalue weighted by Gasteiger charge is -2.26. The molecule has 2 aromatic carbocycles. The lowest BCUT2D eigenvalue weighted by molar-refractivity contribution is -0.116. The number of sulfonamides is 1. The molecular formula is C26H30N2O6S. The molecule has 1 saturated heterocycles. The normalized spacial score (nSPS) is 14.7. The highest BCUT2D eigenvalue weighted by molar-refractivity contribution is 7.89. The molecule has 1 N–H and O–H groups in total. The van der Waals surface area contributed by atoms with E-state index in [1.54, 1.807) is 6.07 Å². The Labute approximate surface area is 204 Å². The predicted molar refractivity (Wildman–Crippen MR) is 135 cm³/mol. The van der Waals surface area contributed by atoms with Gasteiger partial charge in [-0.3, -0.25) is 4.79 Å². The molecule has 0 unspecified atom stereocenters. The number of anilines is 1. The number of nitrogens with zero attached hydrogens (tertiary/aromatic N) is 1. The molecule has 2 heterocycles. The van der Waals surface area contributed by atoms with E-state index in [-0.39, 0.29) is 29.4 Å². The third-order valence-electron chi connectivity index (χ3n) is 6.43. The van der Waals surface area contributed by atoms with Crippen LogP contribution < -0.4 is 15.7 Å². The molecule has 8 nitrogen and oxygen atoms in total. The molecule has 0 bridgehead atoms. The second kappa shape index (κ2) is 10.2. The summed E-state index contributed by atoms with van der Waals surface area (Å²) in [6.45, 7) is 4.71. The average molecular weight is 499 g/mol. The molecule has 4 rings (SSSR count). The number of methoxy groups -OCH3 is 1. The summed E-state index contributed by atoms with van der Waals surface area (Å²) in [4.78, 5) is 25.3. The molecule has 35 heavy (non-hydrogen) atoms. The van der Waals surface area contributed by atoms with E-state index in [2.05, 4.69) is 5.32 Å². The number of ether oxygens (including phenoxy) is 1. The Morgan fingerprint density at radius 3 is 2.54 bits per heavy atom. The summed E-state index contributed by atoms with van der Waals surface area (Å²) in [6, 6.07) is 10.2. The summed E-state index contributed by atoms with van der Waals surface area (Å²) in [5.74, 6) is -0.104. The Kier molecular flexibility index (Phi) is 7.28. The van der Waals surface area contributed by atoms with Crippen LogP contribution in [-0.2, 0) is 21.2 Å². The largest absolute Gasteiger partial charge is 0.495 e. The smallest absolute Gasteiger partial charge is 0.339 e. The summed E-state index contributed by atoms with van der Waals surface area (Å²) in [7, 11) is -2.33. The molecule has 0 aliphatic carbocycles. The van der Waals surface area contributed by atoms with Gasteiger partial charge in [0.2, 0.25) is 15.9 Å². The summed E-state index contributed by atoms with van der Waals surface area (Å²) >= 11 is 0. The Balaban J connectivity index is 1.51. The number of hydrogen-bond donors (Lipinski definition) is 1. The number of hydrogen-bond acceptors (Lipinski definition) is 6. The second-order valence-corrected chi connectivity index (χ2v) is 10.8. The summed E-state index contributed by atoms with van der Waals surface area (Å²) in [5, 5.41) is 3.59. The van der Waals surface area contributed by atoms with Gasteiger partial charge in [-0.25, -0.2) is 13.2 Å². The van der Waals surface area contributed by atoms with Crippen LogP contribution in [0.4, 0.5) is 5.69 Å². The van der Waals surface area contributed by atoms with Crippen molar-refractivity contribution in [1.82, 2.24) is 4.31 Å². The van der Waals surface area contributed by atoms with Crippen LogP contribution in [0.1, 0.15) is 42.4 Å². The molecular weight excluding hydrogens is 468 g/mol. The van der Waals surface area contributed by atoms with E-state index in [9.17, 15) is 18.0 Å². The van der Waals surface area contributed by atoms with Crippen molar-refractivity contribution in [2.75, 3.05) is 25.5 Å². The zero-order chi connectivity index (χ0) is 25.2. The first-order chi connectivity index (χ1) is 16.7. The lowest BCUT2D eigenvalue weighted by Crippen LogP contribution is -2.35. The van der Waals surface area contributed by atoms with Gasteiger partial charge in [-0.15, -0.1) is 0 Å². The van der Waals surface area contributed by atoms with Crippen molar-refractivity contribution >= 4 is 32.6 Å². The minimum atomic E-state index is -3.75. The Bertz CT molecular complexity index is 1420. The standard InChI is InChI=1S/C26H30N2O6S/c1-17-7-9-20-18(2)21(26(30)34-23(20)15-17)10-12-25(29)27-19-8-11-22(33-3)24(16-19)35(31,32)28-13-5-4-6-14-28/h7-9,11,15-16H,4-6,10,12-14H2,1-3H3,(H,27,29). The number of rotatable bonds is 7.